The van der Waals surface area contributed by atoms with Crippen LogP contribution in [0.15, 0.2) is 77.3 Å². The van der Waals surface area contributed by atoms with Crippen molar-refractivity contribution in [1.29, 1.82) is 0 Å². The van der Waals surface area contributed by atoms with E-state index < -0.39 is 199 Å². The molecule has 478 valence electrons. The number of hydrogen-bond donors (Lipinski definition) is 15. The topological polar surface area (TPSA) is 490 Å². The van der Waals surface area contributed by atoms with Gasteiger partial charge in [0.1, 0.15) is 66.1 Å². The summed E-state index contributed by atoms with van der Waals surface area (Å²) >= 11 is 0. The highest BCUT2D eigenvalue weighted by Crippen LogP contribution is 2.33. The summed E-state index contributed by atoms with van der Waals surface area (Å²) in [6, 6.07) is 4.48. The maximum absolute atomic E-state index is 14.7. The summed E-state index contributed by atoms with van der Waals surface area (Å²) in [5.41, 5.74) is 6.38. The maximum atomic E-state index is 14.7. The first-order valence-electron chi connectivity index (χ1n) is 28.0. The Balaban J connectivity index is 1.21. The molecule has 0 aliphatic carbocycles. The summed E-state index contributed by atoms with van der Waals surface area (Å²) in [6.45, 7) is 3.96. The van der Waals surface area contributed by atoms with Gasteiger partial charge >= 0.3 is 10.4 Å². The first-order chi connectivity index (χ1) is 41.5. The van der Waals surface area contributed by atoms with E-state index in [9.17, 15) is 92.2 Å². The standard InChI is InChI=1S/C56H71N9O22S/c1-4-5-6-19-85-33-14-11-29(12-15-33)39-22-35(63-86-39)28-7-9-30(10-8-28)50(75)58-34-16-18-42(71)59-54(79)46-47(72)26(2)24-65(46)56(81)44(38(69)23-41(57)70)61-53(78)45(49(74)48(73)31-13-17-37(68)40(20-31)87-88(82,83)84)62-52(77)36-21-32(67)25-64(36)55(80)43(27(3)66)60-51(34)76/h7-15,17,20,22,26-27,32,34,36,38,42-49,66-69,71-74H,4-6,16,18-19,21,23-25H2,1-3H3,(H2,57,70)(H,58,75)(H,59,79)(H,60,76)(H,61,78)(H,62,77)(H,82,83,84)/t26-,27+,32+,34-,36-,38+,42+,43-,44-,45-,46-,47-,48-,49-/m0/s1. The lowest BCUT2D eigenvalue weighted by Gasteiger charge is -2.34. The van der Waals surface area contributed by atoms with Crippen LogP contribution in [-0.2, 0) is 44.0 Å². The predicted octanol–water partition coefficient (Wildman–Crippen LogP) is -2.87. The molecule has 7 rings (SSSR count). The van der Waals surface area contributed by atoms with Gasteiger partial charge in [-0.3, -0.25) is 42.9 Å². The molecule has 16 N–H and O–H groups in total. The second-order valence-electron chi connectivity index (χ2n) is 21.8. The lowest BCUT2D eigenvalue weighted by Crippen LogP contribution is -2.64. The van der Waals surface area contributed by atoms with E-state index >= 15 is 0 Å². The van der Waals surface area contributed by atoms with Crippen molar-refractivity contribution in [3.8, 4) is 39.8 Å². The number of aliphatic hydroxyl groups excluding tert-OH is 7. The molecule has 31 nitrogen and oxygen atoms in total. The van der Waals surface area contributed by atoms with E-state index in [1.54, 1.807) is 30.3 Å². The van der Waals surface area contributed by atoms with Crippen LogP contribution < -0.4 is 41.2 Å². The number of fused-ring (bicyclic) bond motifs is 2. The average molecular weight is 1250 g/mol. The summed E-state index contributed by atoms with van der Waals surface area (Å²) in [5, 5.41) is 105. The maximum Gasteiger partial charge on any atom is 0.446 e. The third-order valence-electron chi connectivity index (χ3n) is 15.1. The first kappa shape index (κ1) is 67.2. The quantitative estimate of drug-likeness (QED) is 0.0352. The summed E-state index contributed by atoms with van der Waals surface area (Å²) in [5.74, 6) is -12.1. The SMILES string of the molecule is CCCCCOc1ccc(-c2cc(-c3ccc(C(=O)N[C@H]4CC[C@@H](O)NC(=O)[C@@H]5[C@@H](O)[C@@H](C)CN5C(=O)[C@H]([C@H](O)CC(N)=O)NC(=O)[C@H]([C@H](O)[C@@H](O)c5ccc(O)c(OS(=O)(=O)O)c5)NC(=O)[C@@H]5C[C@@H](O)CN5C(=O)[C@H]([C@@H](C)O)NC4=O)cc3)no2)cc1. The molecule has 4 aromatic rings. The third-order valence-corrected chi connectivity index (χ3v) is 15.5. The van der Waals surface area contributed by atoms with Crippen molar-refractivity contribution in [2.45, 2.75) is 145 Å². The van der Waals surface area contributed by atoms with Gasteiger partial charge in [0.2, 0.25) is 41.4 Å². The molecule has 3 fully saturated rings. The zero-order valence-electron chi connectivity index (χ0n) is 47.7. The van der Waals surface area contributed by atoms with E-state index in [0.717, 1.165) is 38.3 Å². The summed E-state index contributed by atoms with van der Waals surface area (Å²) < 4.78 is 48.1. The molecule has 1 aromatic heterocycles. The number of aromatic hydroxyl groups is 1. The van der Waals surface area contributed by atoms with Crippen LogP contribution in [0, 0.1) is 5.92 Å². The first-order valence-corrected chi connectivity index (χ1v) is 29.4. The van der Waals surface area contributed by atoms with Crippen molar-refractivity contribution in [2.75, 3.05) is 19.7 Å². The normalized spacial score (nSPS) is 25.8. The molecule has 0 radical (unpaired) electrons. The van der Waals surface area contributed by atoms with Gasteiger partial charge < -0.3 is 96.4 Å². The lowest BCUT2D eigenvalue weighted by molar-refractivity contribution is -0.149. The Morgan fingerprint density at radius 2 is 1.44 bits per heavy atom. The number of rotatable bonds is 18. The Bertz CT molecular complexity index is 3300. The molecule has 0 spiro atoms. The van der Waals surface area contributed by atoms with E-state index in [1.807, 2.05) is 12.1 Å². The second kappa shape index (κ2) is 29.1. The van der Waals surface area contributed by atoms with Crippen molar-refractivity contribution in [3.05, 3.63) is 83.9 Å². The number of unbranched alkanes of at least 4 members (excludes halogenated alkanes) is 2. The van der Waals surface area contributed by atoms with E-state index in [-0.39, 0.29) is 5.56 Å². The lowest BCUT2D eigenvalue weighted by atomic mass is 9.96. The summed E-state index contributed by atoms with van der Waals surface area (Å²) in [4.78, 5) is 115. The molecule has 3 saturated heterocycles. The van der Waals surface area contributed by atoms with Crippen LogP contribution in [0.3, 0.4) is 0 Å². The minimum absolute atomic E-state index is 0.0229. The van der Waals surface area contributed by atoms with Crippen molar-refractivity contribution in [1.82, 2.24) is 41.5 Å². The van der Waals surface area contributed by atoms with E-state index in [1.165, 1.54) is 19.1 Å². The molecule has 4 heterocycles. The van der Waals surface area contributed by atoms with E-state index in [0.29, 0.717) is 50.8 Å². The number of phenols is 1. The minimum Gasteiger partial charge on any atom is -0.504 e. The molecule has 0 bridgehead atoms. The summed E-state index contributed by atoms with van der Waals surface area (Å²) in [6.07, 6.45) is -14.3. The Labute approximate surface area is 503 Å². The third kappa shape index (κ3) is 16.6. The van der Waals surface area contributed by atoms with Crippen LogP contribution >= 0.6 is 0 Å². The minimum atomic E-state index is -5.34. The van der Waals surface area contributed by atoms with Crippen LogP contribution in [0.25, 0.3) is 22.6 Å². The molecule has 0 saturated carbocycles. The zero-order chi connectivity index (χ0) is 64.5. The molecular formula is C56H71N9O22S. The van der Waals surface area contributed by atoms with Crippen molar-refractivity contribution < 1.29 is 106 Å². The number of carbonyl (C=O) groups excluding carboxylic acids is 8. The number of nitrogens with two attached hydrogens (primary N) is 1. The number of hydrogen-bond acceptors (Lipinski definition) is 22. The molecule has 3 aliphatic rings. The number of amides is 8. The molecule has 3 aromatic carbocycles. The molecule has 88 heavy (non-hydrogen) atoms. The Hall–Kier alpha value is -8.34. The highest BCUT2D eigenvalue weighted by Gasteiger charge is 2.50. The van der Waals surface area contributed by atoms with Gasteiger partial charge in [-0.15, -0.1) is 0 Å². The molecule has 14 atom stereocenters. The smallest absolute Gasteiger partial charge is 0.446 e. The van der Waals surface area contributed by atoms with Crippen LogP contribution in [0.1, 0.15) is 87.7 Å². The monoisotopic (exact) mass is 1250 g/mol. The number of aliphatic hydroxyl groups is 7. The van der Waals surface area contributed by atoms with Crippen LogP contribution in [-0.4, -0.2) is 209 Å². The van der Waals surface area contributed by atoms with Crippen molar-refractivity contribution in [2.24, 2.45) is 11.7 Å². The number of carbonyl (C=O) groups is 8. The van der Waals surface area contributed by atoms with Crippen molar-refractivity contribution in [3.63, 3.8) is 0 Å². The van der Waals surface area contributed by atoms with E-state index in [2.05, 4.69) is 42.8 Å². The zero-order valence-corrected chi connectivity index (χ0v) is 48.6. The van der Waals surface area contributed by atoms with Gasteiger partial charge in [0.25, 0.3) is 5.91 Å². The van der Waals surface area contributed by atoms with Gasteiger partial charge in [0.05, 0.1) is 37.4 Å². The predicted molar refractivity (Wildman–Crippen MR) is 302 cm³/mol. The number of benzene rings is 3. The number of phenolic OH excluding ortho intramolecular Hbond substituents is 1. The fraction of sp³-hybridized carbons (Fsp3) is 0.482. The fourth-order valence-corrected chi connectivity index (χ4v) is 10.7. The Kier molecular flexibility index (Phi) is 22.2. The van der Waals surface area contributed by atoms with E-state index in [4.69, 9.17) is 15.0 Å². The molecule has 32 heteroatoms. The van der Waals surface area contributed by atoms with Gasteiger partial charge in [-0.05, 0) is 80.3 Å². The molecule has 3 aliphatic heterocycles. The van der Waals surface area contributed by atoms with Crippen LogP contribution in [0.5, 0.6) is 17.2 Å². The van der Waals surface area contributed by atoms with Crippen LogP contribution in [0.4, 0.5) is 0 Å². The number of primary amides is 1. The number of ether oxygens (including phenoxy) is 1. The van der Waals surface area contributed by atoms with Gasteiger partial charge in [-0.25, -0.2) is 0 Å². The number of aromatic nitrogens is 1. The van der Waals surface area contributed by atoms with Gasteiger partial charge in [-0.2, -0.15) is 8.42 Å². The molecule has 8 amide bonds. The highest BCUT2D eigenvalue weighted by atomic mass is 32.3. The second-order valence-corrected chi connectivity index (χ2v) is 22.8. The van der Waals surface area contributed by atoms with Crippen LogP contribution in [0.2, 0.25) is 0 Å². The summed E-state index contributed by atoms with van der Waals surface area (Å²) in [7, 11) is -5.34. The van der Waals surface area contributed by atoms with Gasteiger partial charge in [0, 0.05) is 48.2 Å². The van der Waals surface area contributed by atoms with Gasteiger partial charge in [-0.1, -0.05) is 50.0 Å². The number of nitrogens with one attached hydrogen (secondary N) is 5. The van der Waals surface area contributed by atoms with Crippen molar-refractivity contribution >= 4 is 57.7 Å². The fourth-order valence-electron chi connectivity index (χ4n) is 10.3. The average Bonchev–Trinajstić information content (AvgIpc) is 2.88. The Morgan fingerprint density at radius 1 is 0.795 bits per heavy atom. The highest BCUT2D eigenvalue weighted by molar-refractivity contribution is 7.81. The molecular weight excluding hydrogens is 1180 g/mol. The number of nitrogens with zero attached hydrogens (tertiary/aromatic N) is 3. The Morgan fingerprint density at radius 3 is 2.09 bits per heavy atom. The van der Waals surface area contributed by atoms with Gasteiger partial charge in [0.15, 0.2) is 17.3 Å². The molecule has 0 unspecified atom stereocenters. The largest absolute Gasteiger partial charge is 0.504 e.